The molecule has 0 saturated carbocycles. The second kappa shape index (κ2) is 8.07. The van der Waals surface area contributed by atoms with E-state index in [1.54, 1.807) is 0 Å². The van der Waals surface area contributed by atoms with Crippen molar-refractivity contribution in [3.8, 4) is 11.5 Å². The van der Waals surface area contributed by atoms with Gasteiger partial charge in [-0.05, 0) is 41.5 Å². The van der Waals surface area contributed by atoms with E-state index in [2.05, 4.69) is 15.9 Å². The van der Waals surface area contributed by atoms with Crippen molar-refractivity contribution in [1.82, 2.24) is 0 Å². The third kappa shape index (κ3) is 3.76. The lowest BCUT2D eigenvalue weighted by molar-refractivity contribution is -0.144. The Labute approximate surface area is 172 Å². The van der Waals surface area contributed by atoms with E-state index in [9.17, 15) is 4.79 Å². The maximum atomic E-state index is 12.5. The smallest absolute Gasteiger partial charge is 0.317 e. The van der Waals surface area contributed by atoms with Gasteiger partial charge >= 0.3 is 5.97 Å². The average Bonchev–Trinajstić information content (AvgIpc) is 3.11. The number of esters is 1. The van der Waals surface area contributed by atoms with Gasteiger partial charge in [0.15, 0.2) is 0 Å². The van der Waals surface area contributed by atoms with Crippen LogP contribution in [-0.2, 0) is 16.1 Å². The van der Waals surface area contributed by atoms with Gasteiger partial charge in [-0.2, -0.15) is 0 Å². The summed E-state index contributed by atoms with van der Waals surface area (Å²) in [5.74, 6) is 0.647. The van der Waals surface area contributed by atoms with E-state index in [1.165, 1.54) is 7.11 Å². The van der Waals surface area contributed by atoms with Gasteiger partial charge in [0.1, 0.15) is 30.1 Å². The number of benzene rings is 3. The highest BCUT2D eigenvalue weighted by molar-refractivity contribution is 9.10. The Hall–Kier alpha value is -2.79. The van der Waals surface area contributed by atoms with Crippen LogP contribution in [0.5, 0.6) is 11.5 Å². The first-order valence-corrected chi connectivity index (χ1v) is 9.75. The maximum absolute atomic E-state index is 12.5. The van der Waals surface area contributed by atoms with Crippen molar-refractivity contribution < 1.29 is 19.0 Å². The largest absolute Gasteiger partial charge is 0.489 e. The summed E-state index contributed by atoms with van der Waals surface area (Å²) in [5, 5.41) is 0. The minimum atomic E-state index is -0.506. The SMILES string of the molecule is COC(=O)[C@@H]1c2cc(Br)ccc2O[C@@H]1c1ccc(OCc2ccccc2)cc1. The second-order valence-corrected chi connectivity index (χ2v) is 7.48. The van der Waals surface area contributed by atoms with Crippen LogP contribution >= 0.6 is 15.9 Å². The lowest BCUT2D eigenvalue weighted by atomic mass is 9.91. The zero-order chi connectivity index (χ0) is 19.5. The molecule has 1 heterocycles. The summed E-state index contributed by atoms with van der Waals surface area (Å²) in [5.41, 5.74) is 2.84. The molecular formula is C23H19BrO4. The van der Waals surface area contributed by atoms with E-state index in [-0.39, 0.29) is 5.97 Å². The van der Waals surface area contributed by atoms with Crippen LogP contribution in [0.15, 0.2) is 77.3 Å². The number of hydrogen-bond acceptors (Lipinski definition) is 4. The summed E-state index contributed by atoms with van der Waals surface area (Å²) in [7, 11) is 1.40. The highest BCUT2D eigenvalue weighted by atomic mass is 79.9. The van der Waals surface area contributed by atoms with Gasteiger partial charge in [0.25, 0.3) is 0 Å². The predicted molar refractivity (Wildman–Crippen MR) is 109 cm³/mol. The molecule has 0 saturated heterocycles. The van der Waals surface area contributed by atoms with Gasteiger partial charge in [0.05, 0.1) is 7.11 Å². The molecule has 0 N–H and O–H groups in total. The molecule has 3 aromatic carbocycles. The van der Waals surface area contributed by atoms with Crippen molar-refractivity contribution in [2.45, 2.75) is 18.6 Å². The van der Waals surface area contributed by atoms with Crippen LogP contribution < -0.4 is 9.47 Å². The van der Waals surface area contributed by atoms with Crippen molar-refractivity contribution in [3.05, 3.63) is 94.0 Å². The molecule has 0 radical (unpaired) electrons. The molecule has 1 aliphatic heterocycles. The number of rotatable bonds is 5. The van der Waals surface area contributed by atoms with Crippen LogP contribution in [0.2, 0.25) is 0 Å². The van der Waals surface area contributed by atoms with E-state index in [1.807, 2.05) is 72.8 Å². The Morgan fingerprint density at radius 2 is 1.79 bits per heavy atom. The fourth-order valence-corrected chi connectivity index (χ4v) is 3.75. The normalized spacial score (nSPS) is 17.5. The summed E-state index contributed by atoms with van der Waals surface area (Å²) in [6.07, 6.45) is -0.431. The average molecular weight is 439 g/mol. The highest BCUT2D eigenvalue weighted by Gasteiger charge is 2.41. The van der Waals surface area contributed by atoms with Crippen LogP contribution in [0.4, 0.5) is 0 Å². The third-order valence-electron chi connectivity index (χ3n) is 4.78. The molecule has 1 aliphatic rings. The van der Waals surface area contributed by atoms with Crippen molar-refractivity contribution >= 4 is 21.9 Å². The standard InChI is InChI=1S/C23H19BrO4/c1-26-23(25)21-19-13-17(24)9-12-20(19)28-22(21)16-7-10-18(11-8-16)27-14-15-5-3-2-4-6-15/h2-13,21-22H,14H2,1H3/t21-,22-/m1/s1. The fraction of sp³-hybridized carbons (Fsp3) is 0.174. The summed E-state index contributed by atoms with van der Waals surface area (Å²) in [6, 6.07) is 23.3. The zero-order valence-corrected chi connectivity index (χ0v) is 16.9. The number of hydrogen-bond donors (Lipinski definition) is 0. The van der Waals surface area contributed by atoms with Gasteiger partial charge in [-0.1, -0.05) is 58.4 Å². The summed E-state index contributed by atoms with van der Waals surface area (Å²) in [4.78, 5) is 12.5. The minimum Gasteiger partial charge on any atom is -0.489 e. The van der Waals surface area contributed by atoms with Crippen molar-refractivity contribution in [2.75, 3.05) is 7.11 Å². The monoisotopic (exact) mass is 438 g/mol. The van der Waals surface area contributed by atoms with Crippen LogP contribution in [0, 0.1) is 0 Å². The van der Waals surface area contributed by atoms with Gasteiger partial charge in [0.2, 0.25) is 0 Å². The molecule has 2 atom stereocenters. The number of methoxy groups -OCH3 is 1. The summed E-state index contributed by atoms with van der Waals surface area (Å²) >= 11 is 3.46. The van der Waals surface area contributed by atoms with Gasteiger partial charge in [-0.15, -0.1) is 0 Å². The van der Waals surface area contributed by atoms with Crippen LogP contribution in [0.1, 0.15) is 28.7 Å². The van der Waals surface area contributed by atoms with Crippen LogP contribution in [0.25, 0.3) is 0 Å². The molecule has 28 heavy (non-hydrogen) atoms. The molecule has 0 spiro atoms. The van der Waals surface area contributed by atoms with Gasteiger partial charge < -0.3 is 14.2 Å². The summed E-state index contributed by atoms with van der Waals surface area (Å²) in [6.45, 7) is 0.504. The molecule has 4 rings (SSSR count). The topological polar surface area (TPSA) is 44.8 Å². The van der Waals surface area contributed by atoms with Crippen LogP contribution in [0.3, 0.4) is 0 Å². The van der Waals surface area contributed by atoms with Crippen molar-refractivity contribution in [1.29, 1.82) is 0 Å². The third-order valence-corrected chi connectivity index (χ3v) is 5.27. The van der Waals surface area contributed by atoms with Crippen molar-refractivity contribution in [3.63, 3.8) is 0 Å². The lowest BCUT2D eigenvalue weighted by Crippen LogP contribution is -2.20. The molecule has 4 nitrogen and oxygen atoms in total. The molecule has 142 valence electrons. The number of fused-ring (bicyclic) bond motifs is 1. The Morgan fingerprint density at radius 1 is 1.04 bits per heavy atom. The van der Waals surface area contributed by atoms with E-state index in [0.717, 1.165) is 26.9 Å². The molecule has 0 fully saturated rings. The molecule has 0 aromatic heterocycles. The molecule has 0 bridgehead atoms. The molecular weight excluding hydrogens is 420 g/mol. The molecule has 0 amide bonds. The Balaban J connectivity index is 1.54. The first-order chi connectivity index (χ1) is 13.7. The molecule has 0 unspecified atom stereocenters. The van der Waals surface area contributed by atoms with Gasteiger partial charge in [0, 0.05) is 10.0 Å². The lowest BCUT2D eigenvalue weighted by Gasteiger charge is -2.18. The summed E-state index contributed by atoms with van der Waals surface area (Å²) < 4.78 is 17.9. The minimum absolute atomic E-state index is 0.314. The van der Waals surface area contributed by atoms with E-state index in [4.69, 9.17) is 14.2 Å². The van der Waals surface area contributed by atoms with E-state index >= 15 is 0 Å². The number of carbonyl (C=O) groups is 1. The Morgan fingerprint density at radius 3 is 2.50 bits per heavy atom. The zero-order valence-electron chi connectivity index (χ0n) is 15.3. The number of halogens is 1. The first-order valence-electron chi connectivity index (χ1n) is 8.96. The number of ether oxygens (including phenoxy) is 3. The highest BCUT2D eigenvalue weighted by Crippen LogP contribution is 2.47. The van der Waals surface area contributed by atoms with Gasteiger partial charge in [-0.3, -0.25) is 4.79 Å². The quantitative estimate of drug-likeness (QED) is 0.499. The molecule has 5 heteroatoms. The second-order valence-electron chi connectivity index (χ2n) is 6.56. The van der Waals surface area contributed by atoms with Crippen molar-refractivity contribution in [2.24, 2.45) is 0 Å². The Bertz CT molecular complexity index is 970. The number of carbonyl (C=O) groups excluding carboxylic acids is 1. The van der Waals surface area contributed by atoms with Crippen LogP contribution in [-0.4, -0.2) is 13.1 Å². The first kappa shape index (κ1) is 18.6. The maximum Gasteiger partial charge on any atom is 0.317 e. The fourth-order valence-electron chi connectivity index (χ4n) is 3.37. The van der Waals surface area contributed by atoms with E-state index < -0.39 is 12.0 Å². The van der Waals surface area contributed by atoms with Gasteiger partial charge in [-0.25, -0.2) is 0 Å². The molecule has 3 aromatic rings. The Kier molecular flexibility index (Phi) is 5.35. The van der Waals surface area contributed by atoms with E-state index in [0.29, 0.717) is 12.4 Å². The predicted octanol–water partition coefficient (Wildman–Crippen LogP) is 5.42. The molecule has 0 aliphatic carbocycles.